The number of halogens is 6. The summed E-state index contributed by atoms with van der Waals surface area (Å²) in [5.41, 5.74) is -2.32. The summed E-state index contributed by atoms with van der Waals surface area (Å²) in [6.07, 6.45) is -9.93. The number of nitrogens with one attached hydrogen (secondary N) is 3. The van der Waals surface area contributed by atoms with Crippen LogP contribution in [0.1, 0.15) is 17.8 Å². The van der Waals surface area contributed by atoms with Gasteiger partial charge in [-0.2, -0.15) is 31.3 Å². The summed E-state index contributed by atoms with van der Waals surface area (Å²) in [4.78, 5) is 24.6. The first kappa shape index (κ1) is 20.9. The van der Waals surface area contributed by atoms with Gasteiger partial charge in [-0.15, -0.1) is 5.10 Å². The second-order valence-electron chi connectivity index (χ2n) is 5.22. The molecule has 0 aliphatic carbocycles. The number of benzene rings is 1. The van der Waals surface area contributed by atoms with Crippen molar-refractivity contribution >= 4 is 23.2 Å². The van der Waals surface area contributed by atoms with E-state index in [2.05, 4.69) is 15.4 Å². The summed E-state index contributed by atoms with van der Waals surface area (Å²) in [7, 11) is 0. The van der Waals surface area contributed by atoms with E-state index < -0.39 is 46.2 Å². The van der Waals surface area contributed by atoms with Crippen LogP contribution >= 0.6 is 0 Å². The van der Waals surface area contributed by atoms with Crippen LogP contribution in [0, 0.1) is 10.1 Å². The number of carbonyl (C=O) groups is 1. The van der Waals surface area contributed by atoms with E-state index in [1.807, 2.05) is 5.32 Å². The minimum atomic E-state index is -4.78. The Hall–Kier alpha value is -3.39. The summed E-state index contributed by atoms with van der Waals surface area (Å²) < 4.78 is 74.9. The Labute approximate surface area is 151 Å². The molecule has 2 rings (SSSR count). The molecule has 9 nitrogen and oxygen atoms in total. The Morgan fingerprint density at radius 1 is 1.18 bits per heavy atom. The first-order valence-corrected chi connectivity index (χ1v) is 7.27. The molecule has 0 saturated heterocycles. The maximum atomic E-state index is 12.6. The molecule has 0 fully saturated rings. The fourth-order valence-electron chi connectivity index (χ4n) is 1.95. The lowest BCUT2D eigenvalue weighted by Crippen LogP contribution is -2.17. The van der Waals surface area contributed by atoms with Crippen molar-refractivity contribution < 1.29 is 36.1 Å². The van der Waals surface area contributed by atoms with Gasteiger partial charge >= 0.3 is 12.4 Å². The van der Waals surface area contributed by atoms with Crippen molar-refractivity contribution in [2.75, 3.05) is 17.2 Å². The normalized spacial score (nSPS) is 11.9. The van der Waals surface area contributed by atoms with Gasteiger partial charge in [0.05, 0.1) is 10.5 Å². The zero-order valence-electron chi connectivity index (χ0n) is 13.5. The molecule has 0 spiro atoms. The molecule has 2 aromatic rings. The first-order chi connectivity index (χ1) is 12.9. The van der Waals surface area contributed by atoms with E-state index in [1.165, 1.54) is 0 Å². The summed E-state index contributed by atoms with van der Waals surface area (Å²) in [6.45, 7) is -0.255. The molecule has 0 saturated carbocycles. The van der Waals surface area contributed by atoms with Crippen molar-refractivity contribution in [1.29, 1.82) is 0 Å². The van der Waals surface area contributed by atoms with Crippen molar-refractivity contribution in [3.05, 3.63) is 39.7 Å². The minimum Gasteiger partial charge on any atom is -0.379 e. The number of alkyl halides is 6. The van der Waals surface area contributed by atoms with E-state index in [9.17, 15) is 41.3 Å². The number of amides is 1. The van der Waals surface area contributed by atoms with E-state index in [0.717, 1.165) is 6.07 Å². The van der Waals surface area contributed by atoms with Crippen molar-refractivity contribution in [3.63, 3.8) is 0 Å². The van der Waals surface area contributed by atoms with Gasteiger partial charge in [0, 0.05) is 19.0 Å². The van der Waals surface area contributed by atoms with Gasteiger partial charge in [-0.25, -0.2) is 0 Å². The Morgan fingerprint density at radius 2 is 1.86 bits per heavy atom. The standard InChI is InChI=1S/C13H10F6N6O3/c14-12(15,16)6-1-2-7(8(5-6)25(27)28)20-4-3-9(26)21-11-22-10(23-24-11)13(17,18)19/h1-2,5,20H,3-4H2,(H2,21,22,23,24,26). The van der Waals surface area contributed by atoms with Gasteiger partial charge in [-0.05, 0) is 12.1 Å². The molecular formula is C13H10F6N6O3. The third-order valence-electron chi connectivity index (χ3n) is 3.19. The Kier molecular flexibility index (Phi) is 5.75. The Morgan fingerprint density at radius 3 is 2.39 bits per heavy atom. The molecule has 28 heavy (non-hydrogen) atoms. The zero-order chi connectivity index (χ0) is 21.1. The molecule has 1 aromatic carbocycles. The average Bonchev–Trinajstić information content (AvgIpc) is 3.02. The van der Waals surface area contributed by atoms with Gasteiger partial charge in [0.1, 0.15) is 5.69 Å². The highest BCUT2D eigenvalue weighted by Crippen LogP contribution is 2.35. The molecule has 1 amide bonds. The molecule has 0 atom stereocenters. The first-order valence-electron chi connectivity index (χ1n) is 7.27. The number of anilines is 2. The molecule has 1 heterocycles. The highest BCUT2D eigenvalue weighted by molar-refractivity contribution is 5.89. The zero-order valence-corrected chi connectivity index (χ0v) is 13.5. The van der Waals surface area contributed by atoms with E-state index in [1.54, 1.807) is 5.10 Å². The van der Waals surface area contributed by atoms with Gasteiger partial charge in [0.25, 0.3) is 5.69 Å². The Balaban J connectivity index is 1.96. The lowest BCUT2D eigenvalue weighted by atomic mass is 10.1. The van der Waals surface area contributed by atoms with Crippen LogP contribution in [-0.4, -0.2) is 32.6 Å². The highest BCUT2D eigenvalue weighted by Gasteiger charge is 2.35. The van der Waals surface area contributed by atoms with Crippen LogP contribution in [0.4, 0.5) is 43.7 Å². The number of aromatic nitrogens is 3. The largest absolute Gasteiger partial charge is 0.451 e. The van der Waals surface area contributed by atoms with Crippen LogP contribution in [0.2, 0.25) is 0 Å². The number of rotatable bonds is 6. The fourth-order valence-corrected chi connectivity index (χ4v) is 1.95. The van der Waals surface area contributed by atoms with Crippen LogP contribution in [0.3, 0.4) is 0 Å². The quantitative estimate of drug-likeness (QED) is 0.380. The van der Waals surface area contributed by atoms with Gasteiger partial charge in [0.2, 0.25) is 17.7 Å². The lowest BCUT2D eigenvalue weighted by Gasteiger charge is -2.10. The van der Waals surface area contributed by atoms with E-state index in [4.69, 9.17) is 0 Å². The fraction of sp³-hybridized carbons (Fsp3) is 0.308. The van der Waals surface area contributed by atoms with Crippen LogP contribution < -0.4 is 10.6 Å². The molecule has 0 unspecified atom stereocenters. The molecule has 1 aromatic heterocycles. The molecular weight excluding hydrogens is 402 g/mol. The predicted molar refractivity (Wildman–Crippen MR) is 81.2 cm³/mol. The minimum absolute atomic E-state index is 0.255. The van der Waals surface area contributed by atoms with Crippen LogP contribution in [-0.2, 0) is 17.1 Å². The van der Waals surface area contributed by atoms with Crippen molar-refractivity contribution in [2.45, 2.75) is 18.8 Å². The van der Waals surface area contributed by atoms with Crippen molar-refractivity contribution in [1.82, 2.24) is 15.2 Å². The smallest absolute Gasteiger partial charge is 0.379 e. The summed E-state index contributed by atoms with van der Waals surface area (Å²) in [5.74, 6) is -2.87. The average molecular weight is 412 g/mol. The summed E-state index contributed by atoms with van der Waals surface area (Å²) in [5, 5.41) is 20.1. The Bertz CT molecular complexity index is 878. The second kappa shape index (κ2) is 7.69. The number of aromatic amines is 1. The number of nitrogens with zero attached hydrogens (tertiary/aromatic N) is 3. The molecule has 0 aliphatic rings. The van der Waals surface area contributed by atoms with Crippen LogP contribution in [0.15, 0.2) is 18.2 Å². The summed E-state index contributed by atoms with van der Waals surface area (Å²) >= 11 is 0. The molecule has 3 N–H and O–H groups in total. The van der Waals surface area contributed by atoms with Gasteiger partial charge in [0.15, 0.2) is 0 Å². The molecule has 0 radical (unpaired) electrons. The highest BCUT2D eigenvalue weighted by atomic mass is 19.4. The van der Waals surface area contributed by atoms with Gasteiger partial charge in [-0.1, -0.05) is 0 Å². The van der Waals surface area contributed by atoms with E-state index in [-0.39, 0.29) is 18.7 Å². The van der Waals surface area contributed by atoms with Gasteiger partial charge < -0.3 is 5.32 Å². The predicted octanol–water partition coefficient (Wildman–Crippen LogP) is 3.19. The van der Waals surface area contributed by atoms with Crippen LogP contribution in [0.5, 0.6) is 0 Å². The number of nitro benzene ring substituents is 1. The molecule has 0 aliphatic heterocycles. The van der Waals surface area contributed by atoms with Crippen molar-refractivity contribution in [3.8, 4) is 0 Å². The SMILES string of the molecule is O=C(CCNc1ccc(C(F)(F)F)cc1[N+](=O)[O-])Nc1n[nH]c(C(F)(F)F)n1. The molecule has 15 heteroatoms. The topological polar surface area (TPSA) is 126 Å². The molecule has 152 valence electrons. The number of H-pyrrole nitrogens is 1. The number of hydrogen-bond acceptors (Lipinski definition) is 6. The number of carbonyl (C=O) groups excluding carboxylic acids is 1. The number of hydrogen-bond donors (Lipinski definition) is 3. The second-order valence-corrected chi connectivity index (χ2v) is 5.22. The van der Waals surface area contributed by atoms with Crippen LogP contribution in [0.25, 0.3) is 0 Å². The number of nitro groups is 1. The van der Waals surface area contributed by atoms with E-state index >= 15 is 0 Å². The van der Waals surface area contributed by atoms with Crippen molar-refractivity contribution in [2.24, 2.45) is 0 Å². The maximum absolute atomic E-state index is 12.6. The third kappa shape index (κ3) is 5.31. The monoisotopic (exact) mass is 412 g/mol. The maximum Gasteiger partial charge on any atom is 0.451 e. The van der Waals surface area contributed by atoms with Gasteiger partial charge in [-0.3, -0.25) is 25.3 Å². The molecule has 0 bridgehead atoms. The van der Waals surface area contributed by atoms with E-state index in [0.29, 0.717) is 12.1 Å². The summed E-state index contributed by atoms with van der Waals surface area (Å²) in [6, 6.07) is 1.81. The lowest BCUT2D eigenvalue weighted by molar-refractivity contribution is -0.384. The third-order valence-corrected chi connectivity index (χ3v) is 3.19.